The minimum atomic E-state index is -0.124. The fraction of sp³-hybridized carbons (Fsp3) is 0.292. The molecule has 6 rings (SSSR count). The van der Waals surface area contributed by atoms with Crippen LogP contribution in [0.15, 0.2) is 55.2 Å². The van der Waals surface area contributed by atoms with E-state index in [1.807, 2.05) is 12.3 Å². The third-order valence-corrected chi connectivity index (χ3v) is 6.43. The zero-order valence-corrected chi connectivity index (χ0v) is 18.5. The topological polar surface area (TPSA) is 97.1 Å². The molecule has 0 saturated heterocycles. The number of nitrogens with zero attached hydrogens (tertiary/aromatic N) is 5. The number of rotatable bonds is 7. The molecule has 0 aliphatic heterocycles. The molecule has 0 aromatic carbocycles. The summed E-state index contributed by atoms with van der Waals surface area (Å²) in [5.41, 5.74) is 4.08. The second-order valence-electron chi connectivity index (χ2n) is 8.71. The van der Waals surface area contributed by atoms with Gasteiger partial charge in [0.05, 0.1) is 12.2 Å². The Balaban J connectivity index is 1.08. The number of fused-ring (bicyclic) bond motifs is 1. The molecule has 2 atom stereocenters. The highest BCUT2D eigenvalue weighted by Gasteiger charge is 2.45. The quantitative estimate of drug-likeness (QED) is 0.425. The normalized spacial score (nSPS) is 19.4. The number of halogens is 1. The lowest BCUT2D eigenvalue weighted by atomic mass is 10.2. The van der Waals surface area contributed by atoms with Crippen molar-refractivity contribution in [3.63, 3.8) is 0 Å². The van der Waals surface area contributed by atoms with Crippen LogP contribution < -0.4 is 10.6 Å². The number of anilines is 2. The highest BCUT2D eigenvalue weighted by molar-refractivity contribution is 6.30. The predicted octanol–water partition coefficient (Wildman–Crippen LogP) is 4.40. The van der Waals surface area contributed by atoms with E-state index in [1.165, 1.54) is 24.7 Å². The van der Waals surface area contributed by atoms with E-state index in [0.29, 0.717) is 29.1 Å². The van der Waals surface area contributed by atoms with Gasteiger partial charge in [-0.15, -0.1) is 0 Å². The lowest BCUT2D eigenvalue weighted by molar-refractivity contribution is -0.117. The number of amides is 1. The van der Waals surface area contributed by atoms with Gasteiger partial charge in [0.2, 0.25) is 5.91 Å². The molecule has 1 unspecified atom stereocenters. The van der Waals surface area contributed by atoms with Crippen molar-refractivity contribution < 1.29 is 4.79 Å². The summed E-state index contributed by atoms with van der Waals surface area (Å²) < 4.78 is 2.08. The van der Waals surface area contributed by atoms with Crippen LogP contribution in [0.2, 0.25) is 5.02 Å². The zero-order valence-electron chi connectivity index (χ0n) is 17.8. The molecular formula is C24H22ClN7O. The van der Waals surface area contributed by atoms with Crippen molar-refractivity contribution in [2.45, 2.75) is 37.6 Å². The fourth-order valence-corrected chi connectivity index (χ4v) is 4.33. The highest BCUT2D eigenvalue weighted by atomic mass is 35.5. The minimum absolute atomic E-state index is 0.0711. The van der Waals surface area contributed by atoms with Gasteiger partial charge in [-0.3, -0.25) is 9.78 Å². The molecule has 4 aromatic rings. The van der Waals surface area contributed by atoms with Crippen molar-refractivity contribution in [2.24, 2.45) is 5.92 Å². The fourth-order valence-electron chi connectivity index (χ4n) is 4.16. The molecular weight excluding hydrogens is 438 g/mol. The molecule has 4 heterocycles. The van der Waals surface area contributed by atoms with Gasteiger partial charge in [0, 0.05) is 47.2 Å². The average molecular weight is 460 g/mol. The van der Waals surface area contributed by atoms with E-state index in [0.717, 1.165) is 23.5 Å². The van der Waals surface area contributed by atoms with Crippen LogP contribution in [0.4, 0.5) is 11.6 Å². The molecule has 1 amide bonds. The molecule has 2 N–H and O–H groups in total. The Kier molecular flexibility index (Phi) is 4.95. The summed E-state index contributed by atoms with van der Waals surface area (Å²) in [6.45, 7) is 0.524. The van der Waals surface area contributed by atoms with Gasteiger partial charge in [0.1, 0.15) is 23.6 Å². The van der Waals surface area contributed by atoms with Crippen LogP contribution in [-0.2, 0) is 11.3 Å². The number of carbonyl (C=O) groups is 1. The van der Waals surface area contributed by atoms with Crippen LogP contribution in [0, 0.1) is 5.92 Å². The molecule has 0 spiro atoms. The first kappa shape index (κ1) is 20.1. The minimum Gasteiger partial charge on any atom is -0.364 e. The summed E-state index contributed by atoms with van der Waals surface area (Å²) in [7, 11) is 0. The number of nitrogens with one attached hydrogen (secondary N) is 2. The van der Waals surface area contributed by atoms with E-state index in [4.69, 9.17) is 11.6 Å². The average Bonchev–Trinajstić information content (AvgIpc) is 3.74. The van der Waals surface area contributed by atoms with Crippen molar-refractivity contribution in [1.82, 2.24) is 24.3 Å². The highest BCUT2D eigenvalue weighted by Crippen LogP contribution is 2.47. The monoisotopic (exact) mass is 459 g/mol. The summed E-state index contributed by atoms with van der Waals surface area (Å²) >= 11 is 6.04. The van der Waals surface area contributed by atoms with Gasteiger partial charge in [-0.2, -0.15) is 0 Å². The van der Waals surface area contributed by atoms with Gasteiger partial charge in [-0.25, -0.2) is 15.0 Å². The van der Waals surface area contributed by atoms with Crippen LogP contribution in [0.3, 0.4) is 0 Å². The molecule has 33 heavy (non-hydrogen) atoms. The van der Waals surface area contributed by atoms with Gasteiger partial charge in [-0.05, 0) is 48.9 Å². The number of carbonyl (C=O) groups excluding carboxylic acids is 1. The molecule has 9 heteroatoms. The van der Waals surface area contributed by atoms with Crippen LogP contribution in [0.25, 0.3) is 5.65 Å². The van der Waals surface area contributed by atoms with E-state index in [9.17, 15) is 4.79 Å². The summed E-state index contributed by atoms with van der Waals surface area (Å²) in [6, 6.07) is 9.52. The summed E-state index contributed by atoms with van der Waals surface area (Å²) in [4.78, 5) is 30.1. The SMILES string of the molecule is O=C(Nc1cc(NCc2cn3cc(C4CC4)ccc3n2)ncn1)[C@@H]1CC1c1cc(Cl)ccn1. The maximum Gasteiger partial charge on any atom is 0.229 e. The third-order valence-electron chi connectivity index (χ3n) is 6.19. The van der Waals surface area contributed by atoms with Crippen LogP contribution in [0.5, 0.6) is 0 Å². The summed E-state index contributed by atoms with van der Waals surface area (Å²) in [5.74, 6) is 1.70. The van der Waals surface area contributed by atoms with Crippen LogP contribution in [-0.4, -0.2) is 30.2 Å². The van der Waals surface area contributed by atoms with E-state index in [2.05, 4.69) is 53.3 Å². The van der Waals surface area contributed by atoms with Crippen molar-refractivity contribution in [1.29, 1.82) is 0 Å². The second-order valence-corrected chi connectivity index (χ2v) is 9.15. The first-order chi connectivity index (χ1) is 16.1. The molecule has 2 aliphatic rings. The lowest BCUT2D eigenvalue weighted by Gasteiger charge is -2.07. The molecule has 8 nitrogen and oxygen atoms in total. The Labute approximate surface area is 195 Å². The summed E-state index contributed by atoms with van der Waals surface area (Å²) in [6.07, 6.45) is 10.6. The number of pyridine rings is 2. The van der Waals surface area contributed by atoms with Gasteiger partial charge in [0.15, 0.2) is 0 Å². The van der Waals surface area contributed by atoms with Gasteiger partial charge >= 0.3 is 0 Å². The maximum atomic E-state index is 12.6. The zero-order chi connectivity index (χ0) is 22.4. The Morgan fingerprint density at radius 2 is 1.97 bits per heavy atom. The largest absolute Gasteiger partial charge is 0.364 e. The van der Waals surface area contributed by atoms with Crippen molar-refractivity contribution in [3.8, 4) is 0 Å². The Morgan fingerprint density at radius 3 is 2.82 bits per heavy atom. The van der Waals surface area contributed by atoms with E-state index >= 15 is 0 Å². The Hall–Kier alpha value is -3.52. The van der Waals surface area contributed by atoms with Crippen molar-refractivity contribution in [2.75, 3.05) is 10.6 Å². The molecule has 2 saturated carbocycles. The maximum absolute atomic E-state index is 12.6. The van der Waals surface area contributed by atoms with Crippen LogP contribution >= 0.6 is 11.6 Å². The third kappa shape index (κ3) is 4.39. The first-order valence-corrected chi connectivity index (χ1v) is 11.5. The number of imidazole rings is 1. The van der Waals surface area contributed by atoms with E-state index in [1.54, 1.807) is 18.3 Å². The van der Waals surface area contributed by atoms with E-state index < -0.39 is 0 Å². The molecule has 2 aliphatic carbocycles. The van der Waals surface area contributed by atoms with Crippen LogP contribution in [0.1, 0.15) is 48.0 Å². The van der Waals surface area contributed by atoms with E-state index in [-0.39, 0.29) is 17.7 Å². The molecule has 0 bridgehead atoms. The second kappa shape index (κ2) is 8.12. The number of hydrogen-bond acceptors (Lipinski definition) is 6. The van der Waals surface area contributed by atoms with Gasteiger partial charge < -0.3 is 15.0 Å². The molecule has 4 aromatic heterocycles. The predicted molar refractivity (Wildman–Crippen MR) is 125 cm³/mol. The van der Waals surface area contributed by atoms with Gasteiger partial charge in [0.25, 0.3) is 0 Å². The Bertz CT molecular complexity index is 1350. The van der Waals surface area contributed by atoms with Crippen molar-refractivity contribution >= 4 is 34.8 Å². The summed E-state index contributed by atoms with van der Waals surface area (Å²) in [5, 5.41) is 6.79. The van der Waals surface area contributed by atoms with Gasteiger partial charge in [-0.1, -0.05) is 17.7 Å². The smallest absolute Gasteiger partial charge is 0.229 e. The number of hydrogen-bond donors (Lipinski definition) is 2. The lowest BCUT2D eigenvalue weighted by Crippen LogP contribution is -2.16. The standard InChI is InChI=1S/C24H22ClN7O/c25-16-5-6-26-20(7-16)18-8-19(18)24(33)31-22-9-21(28-13-29-22)27-10-17-12-32-11-15(14-1-2-14)3-4-23(32)30-17/h3-7,9,11-14,18-19H,1-2,8,10H2,(H2,27,28,29,31,33)/t18?,19-/m1/s1. The molecule has 166 valence electrons. The van der Waals surface area contributed by atoms with Crippen molar-refractivity contribution in [3.05, 3.63) is 77.2 Å². The molecule has 0 radical (unpaired) electrons. The molecule has 2 fully saturated rings. The first-order valence-electron chi connectivity index (χ1n) is 11.1. The Morgan fingerprint density at radius 1 is 1.09 bits per heavy atom. The number of aromatic nitrogens is 5.